The van der Waals surface area contributed by atoms with Gasteiger partial charge in [0.25, 0.3) is 0 Å². The molecule has 1 amide bonds. The van der Waals surface area contributed by atoms with Crippen LogP contribution in [0.4, 0.5) is 18.0 Å². The number of rotatable bonds is 4. The normalized spacial score (nSPS) is 11.3. The second-order valence-corrected chi connectivity index (χ2v) is 4.03. The van der Waals surface area contributed by atoms with Crippen molar-refractivity contribution >= 4 is 6.09 Å². The van der Waals surface area contributed by atoms with Crippen LogP contribution in [0, 0.1) is 0 Å². The van der Waals surface area contributed by atoms with Gasteiger partial charge in [-0.3, -0.25) is 4.98 Å². The van der Waals surface area contributed by atoms with Gasteiger partial charge < -0.3 is 14.6 Å². The van der Waals surface area contributed by atoms with Gasteiger partial charge in [0.15, 0.2) is 0 Å². The summed E-state index contributed by atoms with van der Waals surface area (Å²) in [6.07, 6.45) is -3.99. The number of hydrogen-bond acceptors (Lipinski definition) is 6. The van der Waals surface area contributed by atoms with Crippen molar-refractivity contribution in [2.24, 2.45) is 0 Å². The fraction of sp³-hybridized carbons (Fsp3) is 0.333. The first kappa shape index (κ1) is 15.7. The molecule has 0 saturated heterocycles. The minimum absolute atomic E-state index is 0.124. The first-order chi connectivity index (χ1) is 10.4. The van der Waals surface area contributed by atoms with Crippen LogP contribution in [0.5, 0.6) is 0 Å². The van der Waals surface area contributed by atoms with Crippen LogP contribution in [0.3, 0.4) is 0 Å². The third kappa shape index (κ3) is 3.93. The summed E-state index contributed by atoms with van der Waals surface area (Å²) in [4.78, 5) is 18.3. The molecule has 118 valence electrons. The molecule has 2 heterocycles. The lowest BCUT2D eigenvalue weighted by Crippen LogP contribution is -2.24. The molecule has 22 heavy (non-hydrogen) atoms. The highest BCUT2D eigenvalue weighted by Crippen LogP contribution is 2.29. The molecule has 0 saturated carbocycles. The summed E-state index contributed by atoms with van der Waals surface area (Å²) in [7, 11) is 0. The number of nitrogens with zero attached hydrogens (tertiary/aromatic N) is 3. The van der Waals surface area contributed by atoms with E-state index < -0.39 is 18.2 Å². The van der Waals surface area contributed by atoms with Crippen LogP contribution in [0.1, 0.15) is 18.5 Å². The Morgan fingerprint density at radius 3 is 2.73 bits per heavy atom. The molecule has 0 fully saturated rings. The number of halogens is 3. The Kier molecular flexibility index (Phi) is 4.59. The molecule has 2 rings (SSSR count). The number of aromatic nitrogens is 3. The zero-order valence-electron chi connectivity index (χ0n) is 11.3. The molecule has 0 atom stereocenters. The van der Waals surface area contributed by atoms with E-state index >= 15 is 0 Å². The molecule has 0 spiro atoms. The molecule has 2 aromatic rings. The van der Waals surface area contributed by atoms with E-state index in [2.05, 4.69) is 29.7 Å². The van der Waals surface area contributed by atoms with E-state index in [1.54, 1.807) is 6.92 Å². The van der Waals surface area contributed by atoms with E-state index in [0.29, 0.717) is 5.69 Å². The standard InChI is InChI=1S/C12H11F3N4O3/c1-2-21-11(20)17-6-8-4-3-7(5-16-8)9-18-10(22-19-9)12(13,14)15/h3-5H,2,6H2,1H3,(H,17,20). The highest BCUT2D eigenvalue weighted by Gasteiger charge is 2.38. The number of hydrogen-bond donors (Lipinski definition) is 1. The Balaban J connectivity index is 2.03. The fourth-order valence-electron chi connectivity index (χ4n) is 1.46. The van der Waals surface area contributed by atoms with Crippen molar-refractivity contribution in [3.8, 4) is 11.4 Å². The Labute approximate surface area is 122 Å². The van der Waals surface area contributed by atoms with E-state index in [1.807, 2.05) is 0 Å². The van der Waals surface area contributed by atoms with Gasteiger partial charge in [-0.05, 0) is 19.1 Å². The van der Waals surface area contributed by atoms with Gasteiger partial charge in [0, 0.05) is 11.8 Å². The highest BCUT2D eigenvalue weighted by atomic mass is 19.4. The van der Waals surface area contributed by atoms with Crippen LogP contribution in [-0.4, -0.2) is 27.8 Å². The number of ether oxygens (including phenoxy) is 1. The van der Waals surface area contributed by atoms with Crippen LogP contribution in [0.25, 0.3) is 11.4 Å². The number of alkyl carbamates (subject to hydrolysis) is 1. The Bertz CT molecular complexity index is 640. The first-order valence-electron chi connectivity index (χ1n) is 6.17. The van der Waals surface area contributed by atoms with Gasteiger partial charge in [0.2, 0.25) is 5.82 Å². The summed E-state index contributed by atoms with van der Waals surface area (Å²) in [6.45, 7) is 2.05. The predicted octanol–water partition coefficient (Wildman–Crippen LogP) is 2.40. The lowest BCUT2D eigenvalue weighted by atomic mass is 10.2. The lowest BCUT2D eigenvalue weighted by molar-refractivity contribution is -0.159. The summed E-state index contributed by atoms with van der Waals surface area (Å²) >= 11 is 0. The molecule has 2 aromatic heterocycles. The SMILES string of the molecule is CCOC(=O)NCc1ccc(-c2noc(C(F)(F)F)n2)cn1. The zero-order valence-corrected chi connectivity index (χ0v) is 11.3. The van der Waals surface area contributed by atoms with Gasteiger partial charge in [-0.2, -0.15) is 18.2 Å². The van der Waals surface area contributed by atoms with E-state index in [4.69, 9.17) is 0 Å². The van der Waals surface area contributed by atoms with Crippen LogP contribution >= 0.6 is 0 Å². The second kappa shape index (κ2) is 6.41. The van der Waals surface area contributed by atoms with E-state index in [-0.39, 0.29) is 24.5 Å². The van der Waals surface area contributed by atoms with E-state index in [0.717, 1.165) is 0 Å². The number of amides is 1. The van der Waals surface area contributed by atoms with Crippen LogP contribution in [0.15, 0.2) is 22.9 Å². The van der Waals surface area contributed by atoms with Crippen LogP contribution < -0.4 is 5.32 Å². The number of carbonyl (C=O) groups excluding carboxylic acids is 1. The average molecular weight is 316 g/mol. The third-order valence-corrected chi connectivity index (χ3v) is 2.44. The molecule has 1 N–H and O–H groups in total. The second-order valence-electron chi connectivity index (χ2n) is 4.03. The molecule has 0 aromatic carbocycles. The van der Waals surface area contributed by atoms with Gasteiger partial charge in [-0.15, -0.1) is 0 Å². The zero-order chi connectivity index (χ0) is 16.2. The molecule has 7 nitrogen and oxygen atoms in total. The van der Waals surface area contributed by atoms with Gasteiger partial charge in [-0.25, -0.2) is 4.79 Å². The molecule has 10 heteroatoms. The minimum Gasteiger partial charge on any atom is -0.450 e. The maximum Gasteiger partial charge on any atom is 0.471 e. The smallest absolute Gasteiger partial charge is 0.450 e. The number of carbonyl (C=O) groups is 1. The maximum absolute atomic E-state index is 12.4. The van der Waals surface area contributed by atoms with Crippen LogP contribution in [-0.2, 0) is 17.5 Å². The topological polar surface area (TPSA) is 90.1 Å². The van der Waals surface area contributed by atoms with Crippen molar-refractivity contribution in [3.05, 3.63) is 29.9 Å². The largest absolute Gasteiger partial charge is 0.471 e. The monoisotopic (exact) mass is 316 g/mol. The predicted molar refractivity (Wildman–Crippen MR) is 66.4 cm³/mol. The Hall–Kier alpha value is -2.65. The summed E-state index contributed by atoms with van der Waals surface area (Å²) in [5.41, 5.74) is 0.760. The van der Waals surface area contributed by atoms with Gasteiger partial charge >= 0.3 is 18.2 Å². The molecule has 0 aliphatic heterocycles. The molecule has 0 aliphatic carbocycles. The van der Waals surface area contributed by atoms with Crippen molar-refractivity contribution in [2.75, 3.05) is 6.61 Å². The molecule has 0 aliphatic rings. The van der Waals surface area contributed by atoms with Crippen molar-refractivity contribution in [1.29, 1.82) is 0 Å². The lowest BCUT2D eigenvalue weighted by Gasteiger charge is -2.04. The minimum atomic E-state index is -4.69. The first-order valence-corrected chi connectivity index (χ1v) is 6.17. The Morgan fingerprint density at radius 2 is 2.18 bits per heavy atom. The quantitative estimate of drug-likeness (QED) is 0.931. The van der Waals surface area contributed by atoms with Gasteiger partial charge in [-0.1, -0.05) is 5.16 Å². The van der Waals surface area contributed by atoms with Crippen molar-refractivity contribution < 1.29 is 27.2 Å². The molecular weight excluding hydrogens is 305 g/mol. The number of pyridine rings is 1. The highest BCUT2D eigenvalue weighted by molar-refractivity contribution is 5.67. The van der Waals surface area contributed by atoms with Crippen molar-refractivity contribution in [3.63, 3.8) is 0 Å². The molecular formula is C12H11F3N4O3. The average Bonchev–Trinajstić information content (AvgIpc) is 2.96. The van der Waals surface area contributed by atoms with E-state index in [9.17, 15) is 18.0 Å². The molecule has 0 bridgehead atoms. The summed E-state index contributed by atoms with van der Waals surface area (Å²) in [5.74, 6) is -1.64. The Morgan fingerprint density at radius 1 is 1.41 bits per heavy atom. The van der Waals surface area contributed by atoms with Crippen molar-refractivity contribution in [2.45, 2.75) is 19.6 Å². The molecule has 0 radical (unpaired) electrons. The van der Waals surface area contributed by atoms with Crippen molar-refractivity contribution in [1.82, 2.24) is 20.4 Å². The number of nitrogens with one attached hydrogen (secondary N) is 1. The number of alkyl halides is 3. The fourth-order valence-corrected chi connectivity index (χ4v) is 1.46. The molecule has 0 unspecified atom stereocenters. The summed E-state index contributed by atoms with van der Waals surface area (Å²) in [6, 6.07) is 2.99. The van der Waals surface area contributed by atoms with Crippen LogP contribution in [0.2, 0.25) is 0 Å². The summed E-state index contributed by atoms with van der Waals surface area (Å²) in [5, 5.41) is 5.71. The van der Waals surface area contributed by atoms with Gasteiger partial charge in [0.1, 0.15) is 0 Å². The third-order valence-electron chi connectivity index (χ3n) is 2.44. The van der Waals surface area contributed by atoms with Gasteiger partial charge in [0.05, 0.1) is 18.8 Å². The van der Waals surface area contributed by atoms with E-state index in [1.165, 1.54) is 18.3 Å². The summed E-state index contributed by atoms with van der Waals surface area (Å²) < 4.78 is 45.9. The maximum atomic E-state index is 12.4.